The van der Waals surface area contributed by atoms with Gasteiger partial charge in [0.15, 0.2) is 0 Å². The highest BCUT2D eigenvalue weighted by molar-refractivity contribution is 5.93. The average Bonchev–Trinajstić information content (AvgIpc) is 2.46. The Bertz CT molecular complexity index is 482. The molecule has 0 bridgehead atoms. The maximum Gasteiger partial charge on any atom is 0.303 e. The Kier molecular flexibility index (Phi) is 4.65. The van der Waals surface area contributed by atoms with Gasteiger partial charge in [-0.15, -0.1) is 0 Å². The molecular formula is C14H17FN2O3. The van der Waals surface area contributed by atoms with E-state index >= 15 is 0 Å². The normalized spacial score (nSPS) is 16.1. The molecule has 0 saturated carbocycles. The van der Waals surface area contributed by atoms with Crippen molar-refractivity contribution < 1.29 is 19.1 Å². The maximum atomic E-state index is 12.7. The van der Waals surface area contributed by atoms with Crippen molar-refractivity contribution in [3.05, 3.63) is 29.8 Å². The SMILES string of the molecule is O=C(O)CCC1CCN(C(=O)c2ccc(F)nc2)CC1. The number of piperidine rings is 1. The number of hydrogen-bond donors (Lipinski definition) is 1. The van der Waals surface area contributed by atoms with Crippen LogP contribution in [0, 0.1) is 11.9 Å². The summed E-state index contributed by atoms with van der Waals surface area (Å²) in [5.41, 5.74) is 0.385. The summed E-state index contributed by atoms with van der Waals surface area (Å²) in [4.78, 5) is 27.9. The molecule has 1 N–H and O–H groups in total. The van der Waals surface area contributed by atoms with Gasteiger partial charge >= 0.3 is 5.97 Å². The second kappa shape index (κ2) is 6.45. The first-order valence-electron chi connectivity index (χ1n) is 6.69. The predicted molar refractivity (Wildman–Crippen MR) is 69.7 cm³/mol. The summed E-state index contributed by atoms with van der Waals surface area (Å²) >= 11 is 0. The zero-order valence-corrected chi connectivity index (χ0v) is 11.1. The lowest BCUT2D eigenvalue weighted by atomic mass is 9.92. The molecule has 2 heterocycles. The van der Waals surface area contributed by atoms with Gasteiger partial charge in [0.05, 0.1) is 5.56 Å². The van der Waals surface area contributed by atoms with Gasteiger partial charge in [-0.25, -0.2) is 4.98 Å². The molecule has 1 aromatic heterocycles. The van der Waals surface area contributed by atoms with Crippen LogP contribution < -0.4 is 0 Å². The number of aromatic nitrogens is 1. The van der Waals surface area contributed by atoms with Crippen LogP contribution in [-0.2, 0) is 4.79 Å². The number of carbonyl (C=O) groups excluding carboxylic acids is 1. The highest BCUT2D eigenvalue weighted by Crippen LogP contribution is 2.23. The number of pyridine rings is 1. The number of carbonyl (C=O) groups is 2. The lowest BCUT2D eigenvalue weighted by Crippen LogP contribution is -2.38. The van der Waals surface area contributed by atoms with Crippen LogP contribution in [0.15, 0.2) is 18.3 Å². The summed E-state index contributed by atoms with van der Waals surface area (Å²) < 4.78 is 12.7. The van der Waals surface area contributed by atoms with E-state index in [1.807, 2.05) is 0 Å². The third kappa shape index (κ3) is 3.76. The Morgan fingerprint density at radius 2 is 2.05 bits per heavy atom. The quantitative estimate of drug-likeness (QED) is 0.856. The van der Waals surface area contributed by atoms with Crippen molar-refractivity contribution >= 4 is 11.9 Å². The lowest BCUT2D eigenvalue weighted by Gasteiger charge is -2.31. The lowest BCUT2D eigenvalue weighted by molar-refractivity contribution is -0.137. The Labute approximate surface area is 116 Å². The first-order chi connectivity index (χ1) is 9.56. The smallest absolute Gasteiger partial charge is 0.303 e. The third-order valence-corrected chi connectivity index (χ3v) is 3.64. The first kappa shape index (κ1) is 14.4. The molecule has 1 saturated heterocycles. The molecule has 0 spiro atoms. The Morgan fingerprint density at radius 3 is 2.60 bits per heavy atom. The summed E-state index contributed by atoms with van der Waals surface area (Å²) in [6.45, 7) is 1.22. The highest BCUT2D eigenvalue weighted by atomic mass is 19.1. The van der Waals surface area contributed by atoms with Crippen molar-refractivity contribution in [1.82, 2.24) is 9.88 Å². The van der Waals surface area contributed by atoms with Gasteiger partial charge < -0.3 is 10.0 Å². The van der Waals surface area contributed by atoms with Crippen molar-refractivity contribution in [3.8, 4) is 0 Å². The molecular weight excluding hydrogens is 263 g/mol. The maximum absolute atomic E-state index is 12.7. The molecule has 20 heavy (non-hydrogen) atoms. The van der Waals surface area contributed by atoms with Crippen molar-refractivity contribution in [1.29, 1.82) is 0 Å². The van der Waals surface area contributed by atoms with E-state index in [-0.39, 0.29) is 12.3 Å². The van der Waals surface area contributed by atoms with E-state index in [2.05, 4.69) is 4.98 Å². The summed E-state index contributed by atoms with van der Waals surface area (Å²) in [5.74, 6) is -1.16. The molecule has 1 aliphatic heterocycles. The molecule has 1 amide bonds. The number of nitrogens with zero attached hydrogens (tertiary/aromatic N) is 2. The van der Waals surface area contributed by atoms with Crippen LogP contribution in [-0.4, -0.2) is 40.0 Å². The first-order valence-corrected chi connectivity index (χ1v) is 6.69. The minimum atomic E-state index is -0.777. The zero-order valence-electron chi connectivity index (χ0n) is 11.1. The Balaban J connectivity index is 1.85. The second-order valence-corrected chi connectivity index (χ2v) is 5.04. The van der Waals surface area contributed by atoms with E-state index in [9.17, 15) is 14.0 Å². The van der Waals surface area contributed by atoms with E-state index in [0.717, 1.165) is 12.8 Å². The van der Waals surface area contributed by atoms with Crippen molar-refractivity contribution in [2.75, 3.05) is 13.1 Å². The van der Waals surface area contributed by atoms with Gasteiger partial charge in [-0.3, -0.25) is 9.59 Å². The van der Waals surface area contributed by atoms with Crippen LogP contribution in [0.4, 0.5) is 4.39 Å². The molecule has 0 aliphatic carbocycles. The van der Waals surface area contributed by atoms with Crippen molar-refractivity contribution in [3.63, 3.8) is 0 Å². The van der Waals surface area contributed by atoms with Gasteiger partial charge in [0.2, 0.25) is 5.95 Å². The fraction of sp³-hybridized carbons (Fsp3) is 0.500. The minimum Gasteiger partial charge on any atom is -0.481 e. The summed E-state index contributed by atoms with van der Waals surface area (Å²) in [7, 11) is 0. The van der Waals surface area contributed by atoms with E-state index in [0.29, 0.717) is 31.0 Å². The van der Waals surface area contributed by atoms with Gasteiger partial charge in [0.1, 0.15) is 0 Å². The Morgan fingerprint density at radius 1 is 1.35 bits per heavy atom. The molecule has 108 valence electrons. The second-order valence-electron chi connectivity index (χ2n) is 5.04. The minimum absolute atomic E-state index is 0.144. The van der Waals surface area contributed by atoms with Gasteiger partial charge in [-0.2, -0.15) is 4.39 Å². The number of aliphatic carboxylic acids is 1. The van der Waals surface area contributed by atoms with Crippen molar-refractivity contribution in [2.24, 2.45) is 5.92 Å². The highest BCUT2D eigenvalue weighted by Gasteiger charge is 2.24. The number of halogens is 1. The fourth-order valence-corrected chi connectivity index (χ4v) is 2.44. The van der Waals surface area contributed by atoms with Crippen LogP contribution >= 0.6 is 0 Å². The van der Waals surface area contributed by atoms with Crippen LogP contribution in [0.5, 0.6) is 0 Å². The summed E-state index contributed by atoms with van der Waals surface area (Å²) in [5, 5.41) is 8.65. The molecule has 0 unspecified atom stereocenters. The average molecular weight is 280 g/mol. The van der Waals surface area contributed by atoms with Gasteiger partial charge in [-0.1, -0.05) is 0 Å². The predicted octanol–water partition coefficient (Wildman–Crippen LogP) is 1.94. The zero-order chi connectivity index (χ0) is 14.5. The molecule has 0 radical (unpaired) electrons. The molecule has 0 aromatic carbocycles. The van der Waals surface area contributed by atoms with E-state index in [1.165, 1.54) is 18.3 Å². The molecule has 1 fully saturated rings. The van der Waals surface area contributed by atoms with Gasteiger partial charge in [0, 0.05) is 25.7 Å². The van der Waals surface area contributed by atoms with Crippen molar-refractivity contribution in [2.45, 2.75) is 25.7 Å². The standard InChI is InChI=1S/C14H17FN2O3/c15-12-3-2-11(9-16-12)14(20)17-7-5-10(6-8-17)1-4-13(18)19/h2-3,9-10H,1,4-8H2,(H,18,19). The molecule has 1 aromatic rings. The number of likely N-dealkylation sites (tertiary alicyclic amines) is 1. The van der Waals surface area contributed by atoms with Gasteiger partial charge in [-0.05, 0) is 37.3 Å². The molecule has 0 atom stereocenters. The van der Waals surface area contributed by atoms with Crippen LogP contribution in [0.3, 0.4) is 0 Å². The Hall–Kier alpha value is -1.98. The van der Waals surface area contributed by atoms with Crippen LogP contribution in [0.1, 0.15) is 36.0 Å². The number of carboxylic acid groups (broad SMARTS) is 1. The molecule has 6 heteroatoms. The molecule has 2 rings (SSSR count). The number of hydrogen-bond acceptors (Lipinski definition) is 3. The van der Waals surface area contributed by atoms with E-state index in [4.69, 9.17) is 5.11 Å². The number of amides is 1. The topological polar surface area (TPSA) is 70.5 Å². The molecule has 5 nitrogen and oxygen atoms in total. The monoisotopic (exact) mass is 280 g/mol. The van der Waals surface area contributed by atoms with E-state index in [1.54, 1.807) is 4.90 Å². The number of carboxylic acids is 1. The number of rotatable bonds is 4. The molecule has 1 aliphatic rings. The largest absolute Gasteiger partial charge is 0.481 e. The van der Waals surface area contributed by atoms with E-state index < -0.39 is 11.9 Å². The fourth-order valence-electron chi connectivity index (χ4n) is 2.44. The summed E-state index contributed by atoms with van der Waals surface area (Å²) in [6.07, 6.45) is 3.71. The van der Waals surface area contributed by atoms with Gasteiger partial charge in [0.25, 0.3) is 5.91 Å². The van der Waals surface area contributed by atoms with Crippen LogP contribution in [0.2, 0.25) is 0 Å². The third-order valence-electron chi connectivity index (χ3n) is 3.64. The summed E-state index contributed by atoms with van der Waals surface area (Å²) in [6, 6.07) is 2.61. The van der Waals surface area contributed by atoms with Crippen LogP contribution in [0.25, 0.3) is 0 Å².